The van der Waals surface area contributed by atoms with Gasteiger partial charge in [-0.25, -0.2) is 4.79 Å². The molecule has 120 valence electrons. The second kappa shape index (κ2) is 6.32. The normalized spacial score (nSPS) is 22.9. The Hall–Kier alpha value is -1.14. The zero-order chi connectivity index (χ0) is 15.6. The van der Waals surface area contributed by atoms with E-state index in [1.165, 1.54) is 4.90 Å². The van der Waals surface area contributed by atoms with E-state index < -0.39 is 5.54 Å². The van der Waals surface area contributed by atoms with Crippen LogP contribution >= 0.6 is 0 Å². The highest BCUT2D eigenvalue weighted by atomic mass is 16.5. The minimum Gasteiger partial charge on any atom is -0.383 e. The second-order valence-electron chi connectivity index (χ2n) is 6.52. The Morgan fingerprint density at radius 3 is 2.38 bits per heavy atom. The van der Waals surface area contributed by atoms with Crippen LogP contribution in [0.4, 0.5) is 4.79 Å². The van der Waals surface area contributed by atoms with Gasteiger partial charge in [0.2, 0.25) is 0 Å². The molecule has 2 aliphatic heterocycles. The van der Waals surface area contributed by atoms with Gasteiger partial charge in [-0.05, 0) is 18.8 Å². The zero-order valence-corrected chi connectivity index (χ0v) is 13.6. The molecule has 2 aliphatic rings. The van der Waals surface area contributed by atoms with E-state index in [-0.39, 0.29) is 11.9 Å². The van der Waals surface area contributed by atoms with Crippen LogP contribution in [0.15, 0.2) is 0 Å². The van der Waals surface area contributed by atoms with Gasteiger partial charge in [0.15, 0.2) is 0 Å². The number of rotatable bonds is 5. The van der Waals surface area contributed by atoms with Crippen LogP contribution in [0.1, 0.15) is 26.7 Å². The SMILES string of the molecule is COCCN1C(=O)N(C)C(=O)C12CCN(CC(C)C)CC2. The first kappa shape index (κ1) is 16.2. The second-order valence-corrected chi connectivity index (χ2v) is 6.52. The van der Waals surface area contributed by atoms with Gasteiger partial charge in [-0.15, -0.1) is 0 Å². The number of likely N-dealkylation sites (tertiary alicyclic amines) is 1. The molecule has 0 saturated carbocycles. The molecular weight excluding hydrogens is 270 g/mol. The summed E-state index contributed by atoms with van der Waals surface area (Å²) in [5.74, 6) is 0.569. The van der Waals surface area contributed by atoms with Gasteiger partial charge >= 0.3 is 6.03 Å². The molecule has 0 aromatic heterocycles. The summed E-state index contributed by atoms with van der Waals surface area (Å²) in [5.41, 5.74) is -0.641. The molecule has 1 spiro atoms. The van der Waals surface area contributed by atoms with Crippen molar-refractivity contribution >= 4 is 11.9 Å². The van der Waals surface area contributed by atoms with Gasteiger partial charge < -0.3 is 14.5 Å². The third-order valence-corrected chi connectivity index (χ3v) is 4.56. The number of carbonyl (C=O) groups is 2. The van der Waals surface area contributed by atoms with Crippen molar-refractivity contribution in [2.24, 2.45) is 5.92 Å². The lowest BCUT2D eigenvalue weighted by Crippen LogP contribution is -2.57. The molecule has 0 aliphatic carbocycles. The minimum atomic E-state index is -0.641. The molecular formula is C15H27N3O3. The van der Waals surface area contributed by atoms with Crippen molar-refractivity contribution in [3.63, 3.8) is 0 Å². The average Bonchev–Trinajstić information content (AvgIpc) is 2.62. The summed E-state index contributed by atoms with van der Waals surface area (Å²) in [6.45, 7) is 8.13. The number of amides is 3. The van der Waals surface area contributed by atoms with E-state index in [1.807, 2.05) is 0 Å². The Morgan fingerprint density at radius 1 is 1.24 bits per heavy atom. The van der Waals surface area contributed by atoms with Crippen LogP contribution in [0.5, 0.6) is 0 Å². The van der Waals surface area contributed by atoms with Crippen LogP contribution in [0.25, 0.3) is 0 Å². The maximum absolute atomic E-state index is 12.6. The zero-order valence-electron chi connectivity index (χ0n) is 13.6. The van der Waals surface area contributed by atoms with Gasteiger partial charge in [-0.1, -0.05) is 13.8 Å². The molecule has 6 nitrogen and oxygen atoms in total. The van der Waals surface area contributed by atoms with Crippen molar-refractivity contribution < 1.29 is 14.3 Å². The molecule has 3 amide bonds. The first-order valence-corrected chi connectivity index (χ1v) is 7.73. The number of likely N-dealkylation sites (N-methyl/N-ethyl adjacent to an activating group) is 1. The topological polar surface area (TPSA) is 53.1 Å². The minimum absolute atomic E-state index is 0.0483. The van der Waals surface area contributed by atoms with Crippen molar-refractivity contribution in [1.82, 2.24) is 14.7 Å². The van der Waals surface area contributed by atoms with E-state index in [1.54, 1.807) is 19.1 Å². The molecule has 0 aromatic carbocycles. The summed E-state index contributed by atoms with van der Waals surface area (Å²) in [6.07, 6.45) is 1.44. The third-order valence-electron chi connectivity index (χ3n) is 4.56. The van der Waals surface area contributed by atoms with Gasteiger partial charge in [0.1, 0.15) is 5.54 Å². The first-order valence-electron chi connectivity index (χ1n) is 7.73. The van der Waals surface area contributed by atoms with Crippen molar-refractivity contribution in [3.8, 4) is 0 Å². The maximum atomic E-state index is 12.6. The van der Waals surface area contributed by atoms with Crippen LogP contribution in [-0.4, -0.2) is 79.1 Å². The van der Waals surface area contributed by atoms with Crippen LogP contribution in [0.2, 0.25) is 0 Å². The van der Waals surface area contributed by atoms with Gasteiger partial charge in [0.25, 0.3) is 5.91 Å². The average molecular weight is 297 g/mol. The predicted octanol–water partition coefficient (Wildman–Crippen LogP) is 1.02. The van der Waals surface area contributed by atoms with Gasteiger partial charge in [-0.2, -0.15) is 0 Å². The Kier molecular flexibility index (Phi) is 4.88. The molecule has 0 N–H and O–H groups in total. The number of urea groups is 1. The highest BCUT2D eigenvalue weighted by Gasteiger charge is 2.56. The van der Waals surface area contributed by atoms with Crippen molar-refractivity contribution in [2.45, 2.75) is 32.2 Å². The quantitative estimate of drug-likeness (QED) is 0.711. The van der Waals surface area contributed by atoms with E-state index in [2.05, 4.69) is 18.7 Å². The highest BCUT2D eigenvalue weighted by molar-refractivity contribution is 6.06. The lowest BCUT2D eigenvalue weighted by Gasteiger charge is -2.42. The summed E-state index contributed by atoms with van der Waals surface area (Å²) >= 11 is 0. The summed E-state index contributed by atoms with van der Waals surface area (Å²) in [7, 11) is 3.20. The molecule has 2 fully saturated rings. The predicted molar refractivity (Wildman–Crippen MR) is 80.0 cm³/mol. The molecule has 21 heavy (non-hydrogen) atoms. The molecule has 0 radical (unpaired) electrons. The van der Waals surface area contributed by atoms with E-state index in [0.29, 0.717) is 19.1 Å². The van der Waals surface area contributed by atoms with Crippen molar-refractivity contribution in [2.75, 3.05) is 46.9 Å². The van der Waals surface area contributed by atoms with E-state index in [9.17, 15) is 9.59 Å². The smallest absolute Gasteiger partial charge is 0.327 e. The Balaban J connectivity index is 2.11. The molecule has 0 unspecified atom stereocenters. The van der Waals surface area contributed by atoms with Gasteiger partial charge in [-0.3, -0.25) is 9.69 Å². The summed E-state index contributed by atoms with van der Waals surface area (Å²) in [4.78, 5) is 30.3. The summed E-state index contributed by atoms with van der Waals surface area (Å²) in [6, 6.07) is -0.186. The first-order chi connectivity index (χ1) is 9.92. The fourth-order valence-corrected chi connectivity index (χ4v) is 3.48. The molecule has 2 saturated heterocycles. The molecule has 2 heterocycles. The van der Waals surface area contributed by atoms with Gasteiger partial charge in [0, 0.05) is 40.3 Å². The van der Waals surface area contributed by atoms with E-state index in [0.717, 1.165) is 32.5 Å². The number of hydrogen-bond acceptors (Lipinski definition) is 4. The molecule has 0 atom stereocenters. The van der Waals surface area contributed by atoms with E-state index in [4.69, 9.17) is 4.74 Å². The fraction of sp³-hybridized carbons (Fsp3) is 0.867. The molecule has 2 rings (SSSR count). The number of methoxy groups -OCH3 is 1. The number of carbonyl (C=O) groups excluding carboxylic acids is 2. The van der Waals surface area contributed by atoms with Crippen LogP contribution in [0.3, 0.4) is 0 Å². The number of piperidine rings is 1. The van der Waals surface area contributed by atoms with Crippen LogP contribution in [0, 0.1) is 5.92 Å². The molecule has 0 aromatic rings. The number of hydrogen-bond donors (Lipinski definition) is 0. The Bertz CT molecular complexity index is 403. The summed E-state index contributed by atoms with van der Waals surface area (Å²) in [5, 5.41) is 0. The van der Waals surface area contributed by atoms with Crippen molar-refractivity contribution in [3.05, 3.63) is 0 Å². The Labute approximate surface area is 127 Å². The largest absolute Gasteiger partial charge is 0.383 e. The Morgan fingerprint density at radius 2 is 1.86 bits per heavy atom. The van der Waals surface area contributed by atoms with Crippen molar-refractivity contribution in [1.29, 1.82) is 0 Å². The van der Waals surface area contributed by atoms with E-state index >= 15 is 0 Å². The maximum Gasteiger partial charge on any atom is 0.327 e. The highest BCUT2D eigenvalue weighted by Crippen LogP contribution is 2.36. The number of nitrogens with zero attached hydrogens (tertiary/aromatic N) is 3. The summed E-state index contributed by atoms with van der Waals surface area (Å²) < 4.78 is 5.10. The number of ether oxygens (including phenoxy) is 1. The number of imide groups is 1. The lowest BCUT2D eigenvalue weighted by atomic mass is 9.85. The van der Waals surface area contributed by atoms with Crippen LogP contribution in [-0.2, 0) is 9.53 Å². The van der Waals surface area contributed by atoms with Gasteiger partial charge in [0.05, 0.1) is 6.61 Å². The molecule has 6 heteroatoms. The molecule has 0 bridgehead atoms. The third kappa shape index (κ3) is 2.92. The van der Waals surface area contributed by atoms with Crippen LogP contribution < -0.4 is 0 Å². The standard InChI is InChI=1S/C15H27N3O3/c1-12(2)11-17-7-5-15(6-8-17)13(19)16(3)14(20)18(15)9-10-21-4/h12H,5-11H2,1-4H3. The fourth-order valence-electron chi connectivity index (χ4n) is 3.48. The monoisotopic (exact) mass is 297 g/mol. The lowest BCUT2D eigenvalue weighted by molar-refractivity contribution is -0.135.